The van der Waals surface area contributed by atoms with E-state index in [9.17, 15) is 14.4 Å². The summed E-state index contributed by atoms with van der Waals surface area (Å²) in [6.45, 7) is 5.14. The maximum Gasteiger partial charge on any atom is 0.343 e. The topological polar surface area (TPSA) is 124 Å². The van der Waals surface area contributed by atoms with Crippen LogP contribution < -0.4 is 20.1 Å². The van der Waals surface area contributed by atoms with Gasteiger partial charge in [-0.1, -0.05) is 6.92 Å². The van der Waals surface area contributed by atoms with Gasteiger partial charge in [0.15, 0.2) is 11.5 Å². The summed E-state index contributed by atoms with van der Waals surface area (Å²) < 4.78 is 17.4. The second-order valence-corrected chi connectivity index (χ2v) is 7.01. The molecule has 11 nitrogen and oxygen atoms in total. The number of anilines is 2. The Labute approximate surface area is 185 Å². The first-order valence-electron chi connectivity index (χ1n) is 10.3. The van der Waals surface area contributed by atoms with Crippen molar-refractivity contribution in [2.75, 3.05) is 50.1 Å². The number of aryl methyl sites for hydroxylation is 1. The normalized spacial score (nSPS) is 12.4. The Morgan fingerprint density at radius 3 is 2.47 bits per heavy atom. The minimum Gasteiger partial charge on any atom is -0.486 e. The molecule has 2 N–H and O–H groups in total. The van der Waals surface area contributed by atoms with Gasteiger partial charge >= 0.3 is 5.97 Å². The lowest BCUT2D eigenvalue weighted by Gasteiger charge is -2.21. The molecule has 0 fully saturated rings. The number of nitrogens with zero attached hydrogens (tertiary/aromatic N) is 3. The third-order valence-electron chi connectivity index (χ3n) is 4.70. The lowest BCUT2D eigenvalue weighted by Crippen LogP contribution is -2.39. The van der Waals surface area contributed by atoms with Gasteiger partial charge in [-0.15, -0.1) is 0 Å². The molecular weight excluding hydrogens is 418 g/mol. The molecule has 2 aromatic rings. The number of benzene rings is 1. The Bertz CT molecular complexity index is 989. The Hall–Kier alpha value is -3.60. The molecule has 2 heterocycles. The van der Waals surface area contributed by atoms with Gasteiger partial charge < -0.3 is 24.8 Å². The third kappa shape index (κ3) is 5.76. The van der Waals surface area contributed by atoms with Crippen molar-refractivity contribution >= 4 is 29.3 Å². The van der Waals surface area contributed by atoms with Crippen LogP contribution in [0.25, 0.3) is 0 Å². The maximum absolute atomic E-state index is 12.6. The molecule has 0 aliphatic carbocycles. The van der Waals surface area contributed by atoms with E-state index in [0.717, 1.165) is 0 Å². The van der Waals surface area contributed by atoms with Gasteiger partial charge in [0.25, 0.3) is 0 Å². The molecule has 2 amide bonds. The molecule has 1 aliphatic heterocycles. The van der Waals surface area contributed by atoms with E-state index in [1.165, 1.54) is 10.9 Å². The summed E-state index contributed by atoms with van der Waals surface area (Å²) in [4.78, 5) is 38.8. The number of rotatable bonds is 9. The van der Waals surface area contributed by atoms with E-state index in [-0.39, 0.29) is 42.9 Å². The predicted molar refractivity (Wildman–Crippen MR) is 116 cm³/mol. The van der Waals surface area contributed by atoms with E-state index in [2.05, 4.69) is 15.7 Å². The van der Waals surface area contributed by atoms with Gasteiger partial charge in [0.2, 0.25) is 11.8 Å². The monoisotopic (exact) mass is 445 g/mol. The van der Waals surface area contributed by atoms with E-state index < -0.39 is 5.97 Å². The molecule has 1 aliphatic rings. The van der Waals surface area contributed by atoms with Crippen molar-refractivity contribution in [2.24, 2.45) is 7.05 Å². The minimum absolute atomic E-state index is 0.00842. The minimum atomic E-state index is -0.568. The highest BCUT2D eigenvalue weighted by Gasteiger charge is 2.21. The Morgan fingerprint density at radius 1 is 1.09 bits per heavy atom. The van der Waals surface area contributed by atoms with Gasteiger partial charge in [0.05, 0.1) is 25.9 Å². The molecule has 0 unspecified atom stereocenters. The van der Waals surface area contributed by atoms with Crippen LogP contribution in [0.1, 0.15) is 24.2 Å². The number of likely N-dealkylation sites (N-methyl/N-ethyl adjacent to an activating group) is 1. The molecule has 0 atom stereocenters. The SMILES string of the molecule is CCOC(=O)c1cnn(C)c1NC(=O)CN(CC)CC(=O)Nc1ccc2c(c1)OCCO2. The Balaban J connectivity index is 1.56. The smallest absolute Gasteiger partial charge is 0.343 e. The number of fused-ring (bicyclic) bond motifs is 1. The van der Waals surface area contributed by atoms with Crippen molar-refractivity contribution < 1.29 is 28.6 Å². The number of carbonyl (C=O) groups is 3. The second-order valence-electron chi connectivity index (χ2n) is 7.01. The van der Waals surface area contributed by atoms with Crippen LogP contribution in [0.2, 0.25) is 0 Å². The first-order valence-corrected chi connectivity index (χ1v) is 10.3. The Morgan fingerprint density at radius 2 is 1.78 bits per heavy atom. The standard InChI is InChI=1S/C21H27N5O6/c1-4-26(12-18(27)23-14-6-7-16-17(10-14)32-9-8-31-16)13-19(28)24-20-15(11-22-25(20)3)21(29)30-5-2/h6-7,10-11H,4-5,8-9,12-13H2,1-3H3,(H,23,27)(H,24,28). The highest BCUT2D eigenvalue weighted by molar-refractivity contribution is 6.01. The molecule has 3 rings (SSSR count). The number of ether oxygens (including phenoxy) is 3. The van der Waals surface area contributed by atoms with Crippen LogP contribution in [0.4, 0.5) is 11.5 Å². The lowest BCUT2D eigenvalue weighted by atomic mass is 10.2. The third-order valence-corrected chi connectivity index (χ3v) is 4.70. The highest BCUT2D eigenvalue weighted by Crippen LogP contribution is 2.32. The number of carbonyl (C=O) groups excluding carboxylic acids is 3. The molecule has 0 saturated heterocycles. The van der Waals surface area contributed by atoms with Gasteiger partial charge in [-0.2, -0.15) is 5.10 Å². The predicted octanol–water partition coefficient (Wildman–Crippen LogP) is 1.27. The largest absolute Gasteiger partial charge is 0.486 e. The molecule has 11 heteroatoms. The first-order chi connectivity index (χ1) is 15.4. The zero-order chi connectivity index (χ0) is 23.1. The van der Waals surface area contributed by atoms with Gasteiger partial charge in [-0.05, 0) is 25.6 Å². The van der Waals surface area contributed by atoms with Crippen LogP contribution in [0, 0.1) is 0 Å². The summed E-state index contributed by atoms with van der Waals surface area (Å²) in [5, 5.41) is 9.48. The summed E-state index contributed by atoms with van der Waals surface area (Å²) in [6.07, 6.45) is 1.34. The average Bonchev–Trinajstić information content (AvgIpc) is 3.13. The summed E-state index contributed by atoms with van der Waals surface area (Å²) in [7, 11) is 1.61. The molecular formula is C21H27N5O6. The van der Waals surface area contributed by atoms with E-state index >= 15 is 0 Å². The molecule has 0 saturated carbocycles. The van der Waals surface area contributed by atoms with Crippen molar-refractivity contribution in [1.29, 1.82) is 0 Å². The summed E-state index contributed by atoms with van der Waals surface area (Å²) in [6, 6.07) is 5.17. The lowest BCUT2D eigenvalue weighted by molar-refractivity contribution is -0.119. The quantitative estimate of drug-likeness (QED) is 0.553. The number of amides is 2. The van der Waals surface area contributed by atoms with Crippen molar-refractivity contribution in [3.63, 3.8) is 0 Å². The van der Waals surface area contributed by atoms with Gasteiger partial charge in [-0.25, -0.2) is 4.79 Å². The summed E-state index contributed by atoms with van der Waals surface area (Å²) in [5.41, 5.74) is 0.746. The maximum atomic E-state index is 12.6. The van der Waals surface area contributed by atoms with Crippen LogP contribution in [-0.2, 0) is 21.4 Å². The fourth-order valence-corrected chi connectivity index (χ4v) is 3.12. The van der Waals surface area contributed by atoms with Crippen LogP contribution in [0.5, 0.6) is 11.5 Å². The number of aromatic nitrogens is 2. The van der Waals surface area contributed by atoms with Crippen LogP contribution in [-0.4, -0.2) is 71.9 Å². The molecule has 1 aromatic heterocycles. The van der Waals surface area contributed by atoms with E-state index in [1.807, 2.05) is 6.92 Å². The zero-order valence-electron chi connectivity index (χ0n) is 18.3. The van der Waals surface area contributed by atoms with E-state index in [0.29, 0.717) is 36.9 Å². The number of hydrogen-bond acceptors (Lipinski definition) is 8. The average molecular weight is 445 g/mol. The summed E-state index contributed by atoms with van der Waals surface area (Å²) in [5.74, 6) is 0.234. The van der Waals surface area contributed by atoms with Crippen molar-refractivity contribution in [1.82, 2.24) is 14.7 Å². The molecule has 0 bridgehead atoms. The van der Waals surface area contributed by atoms with Gasteiger partial charge in [0, 0.05) is 18.8 Å². The van der Waals surface area contributed by atoms with E-state index in [4.69, 9.17) is 14.2 Å². The number of hydrogen-bond donors (Lipinski definition) is 2. The van der Waals surface area contributed by atoms with Crippen LogP contribution in [0.3, 0.4) is 0 Å². The fraction of sp³-hybridized carbons (Fsp3) is 0.429. The van der Waals surface area contributed by atoms with Crippen LogP contribution in [0.15, 0.2) is 24.4 Å². The number of nitrogens with one attached hydrogen (secondary N) is 2. The second kappa shape index (κ2) is 10.6. The molecule has 0 spiro atoms. The van der Waals surface area contributed by atoms with Gasteiger partial charge in [0.1, 0.15) is 24.6 Å². The summed E-state index contributed by atoms with van der Waals surface area (Å²) >= 11 is 0. The molecule has 172 valence electrons. The molecule has 1 aromatic carbocycles. The Kier molecular flexibility index (Phi) is 7.66. The zero-order valence-corrected chi connectivity index (χ0v) is 18.3. The van der Waals surface area contributed by atoms with Gasteiger partial charge in [-0.3, -0.25) is 19.2 Å². The van der Waals surface area contributed by atoms with Crippen LogP contribution >= 0.6 is 0 Å². The molecule has 32 heavy (non-hydrogen) atoms. The van der Waals surface area contributed by atoms with Crippen molar-refractivity contribution in [3.05, 3.63) is 30.0 Å². The van der Waals surface area contributed by atoms with Crippen molar-refractivity contribution in [3.8, 4) is 11.5 Å². The highest BCUT2D eigenvalue weighted by atomic mass is 16.6. The fourth-order valence-electron chi connectivity index (χ4n) is 3.12. The van der Waals surface area contributed by atoms with E-state index in [1.54, 1.807) is 37.1 Å². The van der Waals surface area contributed by atoms with Crippen molar-refractivity contribution in [2.45, 2.75) is 13.8 Å². The number of esters is 1. The molecule has 0 radical (unpaired) electrons. The first kappa shape index (κ1) is 23.1.